The van der Waals surface area contributed by atoms with Crippen LogP contribution in [0.3, 0.4) is 0 Å². The van der Waals surface area contributed by atoms with Crippen molar-refractivity contribution in [3.63, 3.8) is 0 Å². The number of hydrogen-bond donors (Lipinski definition) is 2. The molecule has 0 atom stereocenters. The molecule has 1 amide bonds. The van der Waals surface area contributed by atoms with Crippen LogP contribution in [0.1, 0.15) is 5.56 Å². The van der Waals surface area contributed by atoms with Crippen molar-refractivity contribution in [1.82, 2.24) is 0 Å². The summed E-state index contributed by atoms with van der Waals surface area (Å²) < 4.78 is 5.35. The van der Waals surface area contributed by atoms with Gasteiger partial charge in [0.05, 0.1) is 5.02 Å². The van der Waals surface area contributed by atoms with Crippen LogP contribution >= 0.6 is 23.8 Å². The van der Waals surface area contributed by atoms with Crippen molar-refractivity contribution in [2.24, 2.45) is 5.73 Å². The average Bonchev–Trinajstić information content (AvgIpc) is 2.47. The molecule has 3 N–H and O–H groups in total. The molecule has 0 aliphatic carbocycles. The molecule has 0 aliphatic heterocycles. The van der Waals surface area contributed by atoms with Crippen LogP contribution in [-0.2, 0) is 4.79 Å². The highest BCUT2D eigenvalue weighted by Gasteiger charge is 2.06. The van der Waals surface area contributed by atoms with Crippen molar-refractivity contribution in [1.29, 1.82) is 0 Å². The summed E-state index contributed by atoms with van der Waals surface area (Å²) in [7, 11) is 0. The molecule has 0 heterocycles. The second-order valence-corrected chi connectivity index (χ2v) is 5.06. The van der Waals surface area contributed by atoms with Gasteiger partial charge in [-0.3, -0.25) is 4.79 Å². The standard InChI is InChI=1S/C15H13ClN2O2S/c16-12-3-1-2-4-13(12)20-9-14(19)18-11-7-5-10(6-8-11)15(17)21/h1-8H,9H2,(H2,17,21)(H,18,19). The van der Waals surface area contributed by atoms with Crippen LogP contribution < -0.4 is 15.8 Å². The van der Waals surface area contributed by atoms with Gasteiger partial charge in [0, 0.05) is 11.3 Å². The third kappa shape index (κ3) is 4.44. The predicted molar refractivity (Wildman–Crippen MR) is 87.9 cm³/mol. The third-order valence-electron chi connectivity index (χ3n) is 2.65. The average molecular weight is 321 g/mol. The van der Waals surface area contributed by atoms with Crippen LogP contribution in [0.5, 0.6) is 5.75 Å². The van der Waals surface area contributed by atoms with Crippen LogP contribution in [0.25, 0.3) is 0 Å². The zero-order chi connectivity index (χ0) is 15.2. The Bertz CT molecular complexity index is 659. The Hall–Kier alpha value is -2.11. The van der Waals surface area contributed by atoms with Gasteiger partial charge in [-0.25, -0.2) is 0 Å². The van der Waals surface area contributed by atoms with Crippen LogP contribution in [0.4, 0.5) is 5.69 Å². The topological polar surface area (TPSA) is 64.3 Å². The normalized spacial score (nSPS) is 9.95. The largest absolute Gasteiger partial charge is 0.482 e. The van der Waals surface area contributed by atoms with E-state index in [0.717, 1.165) is 5.56 Å². The summed E-state index contributed by atoms with van der Waals surface area (Å²) in [6.45, 7) is -0.124. The van der Waals surface area contributed by atoms with E-state index in [0.29, 0.717) is 21.4 Å². The van der Waals surface area contributed by atoms with Crippen molar-refractivity contribution in [2.75, 3.05) is 11.9 Å². The fraction of sp³-hybridized carbons (Fsp3) is 0.0667. The molecule has 0 radical (unpaired) electrons. The van der Waals surface area contributed by atoms with E-state index < -0.39 is 0 Å². The molecule has 2 aromatic carbocycles. The van der Waals surface area contributed by atoms with Gasteiger partial charge in [0.15, 0.2) is 6.61 Å². The lowest BCUT2D eigenvalue weighted by atomic mass is 10.2. The number of halogens is 1. The molecule has 6 heteroatoms. The number of anilines is 1. The lowest BCUT2D eigenvalue weighted by Crippen LogP contribution is -2.20. The van der Waals surface area contributed by atoms with E-state index in [9.17, 15) is 4.79 Å². The third-order valence-corrected chi connectivity index (χ3v) is 3.20. The van der Waals surface area contributed by atoms with Crippen molar-refractivity contribution in [3.05, 3.63) is 59.1 Å². The maximum atomic E-state index is 11.8. The number of para-hydroxylation sites is 1. The van der Waals surface area contributed by atoms with Crippen LogP contribution in [0.15, 0.2) is 48.5 Å². The number of thiocarbonyl (C=S) groups is 1. The van der Waals surface area contributed by atoms with E-state index >= 15 is 0 Å². The quantitative estimate of drug-likeness (QED) is 0.831. The molecule has 21 heavy (non-hydrogen) atoms. The Morgan fingerprint density at radius 1 is 1.19 bits per heavy atom. The lowest BCUT2D eigenvalue weighted by Gasteiger charge is -2.09. The SMILES string of the molecule is NC(=S)c1ccc(NC(=O)COc2ccccc2Cl)cc1. The maximum absolute atomic E-state index is 11.8. The van der Waals surface area contributed by atoms with Crippen LogP contribution in [0, 0.1) is 0 Å². The van der Waals surface area contributed by atoms with Crippen LogP contribution in [-0.4, -0.2) is 17.5 Å². The van der Waals surface area contributed by atoms with Crippen molar-refractivity contribution >= 4 is 40.4 Å². The summed E-state index contributed by atoms with van der Waals surface area (Å²) >= 11 is 10.8. The first kappa shape index (κ1) is 15.3. The van der Waals surface area contributed by atoms with Gasteiger partial charge < -0.3 is 15.8 Å². The Morgan fingerprint density at radius 3 is 2.48 bits per heavy atom. The predicted octanol–water partition coefficient (Wildman–Crippen LogP) is 2.99. The Morgan fingerprint density at radius 2 is 1.86 bits per heavy atom. The summed E-state index contributed by atoms with van der Waals surface area (Å²) in [6.07, 6.45) is 0. The van der Waals surface area contributed by atoms with E-state index in [1.54, 1.807) is 48.5 Å². The molecule has 2 rings (SSSR count). The molecule has 0 saturated carbocycles. The number of carbonyl (C=O) groups excluding carboxylic acids is 1. The number of nitrogens with one attached hydrogen (secondary N) is 1. The first-order chi connectivity index (χ1) is 10.1. The molecule has 0 spiro atoms. The molecule has 0 fully saturated rings. The van der Waals surface area contributed by atoms with E-state index in [2.05, 4.69) is 5.32 Å². The summed E-state index contributed by atoms with van der Waals surface area (Å²) in [4.78, 5) is 12.1. The fourth-order valence-electron chi connectivity index (χ4n) is 1.62. The number of carbonyl (C=O) groups is 1. The number of hydrogen-bond acceptors (Lipinski definition) is 3. The van der Waals surface area contributed by atoms with Gasteiger partial charge in [-0.1, -0.05) is 36.0 Å². The molecule has 2 aromatic rings. The number of benzene rings is 2. The van der Waals surface area contributed by atoms with Gasteiger partial charge in [0.25, 0.3) is 5.91 Å². The van der Waals surface area contributed by atoms with Crippen molar-refractivity contribution in [2.45, 2.75) is 0 Å². The smallest absolute Gasteiger partial charge is 0.262 e. The minimum atomic E-state index is -0.280. The highest BCUT2D eigenvalue weighted by molar-refractivity contribution is 7.80. The monoisotopic (exact) mass is 320 g/mol. The minimum absolute atomic E-state index is 0.124. The zero-order valence-electron chi connectivity index (χ0n) is 11.0. The molecule has 0 saturated heterocycles. The lowest BCUT2D eigenvalue weighted by molar-refractivity contribution is -0.118. The molecule has 0 unspecified atom stereocenters. The molecular formula is C15H13ClN2O2S. The van der Waals surface area contributed by atoms with E-state index in [1.165, 1.54) is 0 Å². The van der Waals surface area contributed by atoms with Crippen molar-refractivity contribution < 1.29 is 9.53 Å². The molecular weight excluding hydrogens is 308 g/mol. The number of nitrogens with two attached hydrogens (primary N) is 1. The summed E-state index contributed by atoms with van der Waals surface area (Å²) in [5, 5.41) is 3.17. The Kier molecular flexibility index (Phi) is 5.14. The van der Waals surface area contributed by atoms with E-state index in [1.807, 2.05) is 0 Å². The molecule has 0 aromatic heterocycles. The Balaban J connectivity index is 1.90. The molecule has 4 nitrogen and oxygen atoms in total. The number of rotatable bonds is 5. The van der Waals surface area contributed by atoms with Gasteiger partial charge in [0.1, 0.15) is 10.7 Å². The van der Waals surface area contributed by atoms with Crippen LogP contribution in [0.2, 0.25) is 5.02 Å². The van der Waals surface area contributed by atoms with E-state index in [4.69, 9.17) is 34.3 Å². The first-order valence-corrected chi connectivity index (χ1v) is 6.92. The summed E-state index contributed by atoms with van der Waals surface area (Å²) in [5.41, 5.74) is 6.89. The van der Waals surface area contributed by atoms with Gasteiger partial charge >= 0.3 is 0 Å². The highest BCUT2D eigenvalue weighted by Crippen LogP contribution is 2.22. The fourth-order valence-corrected chi connectivity index (χ4v) is 1.95. The number of amides is 1. The summed E-state index contributed by atoms with van der Waals surface area (Å²) in [6, 6.07) is 13.9. The number of ether oxygens (including phenoxy) is 1. The summed E-state index contributed by atoms with van der Waals surface area (Å²) in [5.74, 6) is 0.191. The van der Waals surface area contributed by atoms with Crippen molar-refractivity contribution in [3.8, 4) is 5.75 Å². The second kappa shape index (κ2) is 7.06. The molecule has 108 valence electrons. The maximum Gasteiger partial charge on any atom is 0.262 e. The van der Waals surface area contributed by atoms with E-state index in [-0.39, 0.29) is 12.5 Å². The minimum Gasteiger partial charge on any atom is -0.482 e. The second-order valence-electron chi connectivity index (χ2n) is 4.21. The molecule has 0 bridgehead atoms. The Labute approximate surface area is 132 Å². The van der Waals surface area contributed by atoms with Gasteiger partial charge in [-0.2, -0.15) is 0 Å². The highest BCUT2D eigenvalue weighted by atomic mass is 35.5. The molecule has 0 aliphatic rings. The van der Waals surface area contributed by atoms with Gasteiger partial charge in [-0.15, -0.1) is 0 Å². The first-order valence-electron chi connectivity index (χ1n) is 6.13. The van der Waals surface area contributed by atoms with Gasteiger partial charge in [0.2, 0.25) is 0 Å². The van der Waals surface area contributed by atoms with Gasteiger partial charge in [-0.05, 0) is 36.4 Å². The zero-order valence-corrected chi connectivity index (χ0v) is 12.6.